The normalized spacial score (nSPS) is 11.1. The maximum absolute atomic E-state index is 10.5. The van der Waals surface area contributed by atoms with Gasteiger partial charge in [0.25, 0.3) is 0 Å². The average molecular weight is 636 g/mol. The van der Waals surface area contributed by atoms with Gasteiger partial charge in [0.05, 0.1) is 52.1 Å². The van der Waals surface area contributed by atoms with Crippen molar-refractivity contribution >= 4 is 49.3 Å². The van der Waals surface area contributed by atoms with Crippen molar-refractivity contribution < 1.29 is 0 Å². The first-order valence-corrected chi connectivity index (χ1v) is 16.3. The van der Waals surface area contributed by atoms with Gasteiger partial charge in [-0.05, 0) is 77.2 Å². The zero-order chi connectivity index (χ0) is 33.8. The first-order chi connectivity index (χ1) is 24.7. The summed E-state index contributed by atoms with van der Waals surface area (Å²) in [6.07, 6.45) is 0. The first kappa shape index (κ1) is 28.8. The monoisotopic (exact) mass is 635 g/mol. The maximum atomic E-state index is 10.5. The summed E-state index contributed by atoms with van der Waals surface area (Å²) < 4.78 is 4.44. The highest BCUT2D eigenvalue weighted by atomic mass is 15.0. The molecule has 0 N–H and O–H groups in total. The van der Waals surface area contributed by atoms with Crippen molar-refractivity contribution in [3.63, 3.8) is 0 Å². The van der Waals surface area contributed by atoms with Crippen LogP contribution in [0.25, 0.3) is 82.1 Å². The third kappa shape index (κ3) is 4.31. The molecule has 0 fully saturated rings. The molecule has 0 saturated heterocycles. The molecule has 0 spiro atoms. The number of nitriles is 2. The molecule has 2 heterocycles. The molecule has 50 heavy (non-hydrogen) atoms. The largest absolute Gasteiger partial charge is 0.311 e. The van der Waals surface area contributed by atoms with Crippen molar-refractivity contribution in [2.24, 2.45) is 0 Å². The average Bonchev–Trinajstić information content (AvgIpc) is 3.70. The van der Waals surface area contributed by atoms with Crippen LogP contribution >= 0.6 is 0 Å². The van der Waals surface area contributed by atoms with Crippen molar-refractivity contribution in [3.8, 4) is 45.8 Å². The van der Waals surface area contributed by atoms with E-state index in [1.807, 2.05) is 84.9 Å². The highest BCUT2D eigenvalue weighted by Gasteiger charge is 2.19. The van der Waals surface area contributed by atoms with E-state index in [1.54, 1.807) is 0 Å². The molecule has 0 aliphatic carbocycles. The molecule has 0 amide bonds. The first-order valence-electron chi connectivity index (χ1n) is 16.3. The van der Waals surface area contributed by atoms with Gasteiger partial charge in [0, 0.05) is 38.5 Å². The highest BCUT2D eigenvalue weighted by Crippen LogP contribution is 2.40. The molecule has 0 radical (unpaired) electrons. The van der Waals surface area contributed by atoms with E-state index >= 15 is 0 Å². The SMILES string of the molecule is [C-]#[N+]c1cccc2c1c1ccccc1n2-c1cccc(-c2ccc(-c3ccccc3-n3c4ccccc4c4cc(C#N)ccc43)c(C#N)c2)c1. The minimum Gasteiger partial charge on any atom is -0.311 e. The number of hydrogen-bond acceptors (Lipinski definition) is 2. The molecule has 0 bridgehead atoms. The summed E-state index contributed by atoms with van der Waals surface area (Å²) in [7, 11) is 0. The van der Waals surface area contributed by atoms with Crippen LogP contribution in [0.4, 0.5) is 5.69 Å². The lowest BCUT2D eigenvalue weighted by atomic mass is 9.94. The third-order valence-corrected chi connectivity index (χ3v) is 9.61. The minimum atomic E-state index is 0.575. The standard InChI is InChI=1S/C45H25N5/c1-48-39-15-9-19-44-45(39)37-14-4-7-18-42(37)49(44)33-11-8-10-30(26-33)31-21-22-34(32(25-31)28-47)35-12-2-5-16-40(35)50-41-17-6-3-13-36(41)38-24-29(27-46)20-23-43(38)50/h2-26H. The molecule has 0 atom stereocenters. The second-order valence-corrected chi connectivity index (χ2v) is 12.3. The fourth-order valence-electron chi connectivity index (χ4n) is 7.45. The third-order valence-electron chi connectivity index (χ3n) is 9.61. The van der Waals surface area contributed by atoms with Crippen LogP contribution < -0.4 is 0 Å². The van der Waals surface area contributed by atoms with Gasteiger partial charge in [-0.2, -0.15) is 10.5 Å². The van der Waals surface area contributed by atoms with Crippen LogP contribution in [0.1, 0.15) is 11.1 Å². The van der Waals surface area contributed by atoms with Crippen LogP contribution in [0, 0.1) is 29.2 Å². The van der Waals surface area contributed by atoms with E-state index in [0.29, 0.717) is 16.8 Å². The molecule has 9 aromatic rings. The molecule has 7 aromatic carbocycles. The van der Waals surface area contributed by atoms with Crippen LogP contribution in [0.5, 0.6) is 0 Å². The summed E-state index contributed by atoms with van der Waals surface area (Å²) in [6, 6.07) is 55.5. The quantitative estimate of drug-likeness (QED) is 0.181. The molecule has 9 rings (SSSR count). The molecule has 230 valence electrons. The number of rotatable bonds is 4. The lowest BCUT2D eigenvalue weighted by Gasteiger charge is -2.16. The predicted molar refractivity (Wildman–Crippen MR) is 202 cm³/mol. The Balaban J connectivity index is 1.19. The van der Waals surface area contributed by atoms with Gasteiger partial charge >= 0.3 is 0 Å². The second kappa shape index (κ2) is 11.4. The van der Waals surface area contributed by atoms with E-state index in [1.165, 1.54) is 0 Å². The van der Waals surface area contributed by atoms with E-state index in [-0.39, 0.29) is 0 Å². The van der Waals surface area contributed by atoms with Crippen molar-refractivity contribution in [2.45, 2.75) is 0 Å². The van der Waals surface area contributed by atoms with E-state index in [4.69, 9.17) is 6.57 Å². The lowest BCUT2D eigenvalue weighted by molar-refractivity contribution is 1.18. The summed E-state index contributed by atoms with van der Waals surface area (Å²) in [5.41, 5.74) is 11.5. The Bertz CT molecular complexity index is 2970. The Morgan fingerprint density at radius 3 is 2.02 bits per heavy atom. The smallest absolute Gasteiger partial charge is 0.197 e. The van der Waals surface area contributed by atoms with E-state index in [0.717, 1.165) is 77.2 Å². The number of hydrogen-bond donors (Lipinski definition) is 0. The van der Waals surface area contributed by atoms with Crippen LogP contribution in [0.15, 0.2) is 152 Å². The second-order valence-electron chi connectivity index (χ2n) is 12.3. The van der Waals surface area contributed by atoms with Gasteiger partial charge in [-0.25, -0.2) is 4.85 Å². The zero-order valence-electron chi connectivity index (χ0n) is 26.7. The van der Waals surface area contributed by atoms with E-state index in [2.05, 4.69) is 92.8 Å². The Hall–Kier alpha value is -7.39. The molecule has 0 aliphatic rings. The summed E-state index contributed by atoms with van der Waals surface area (Å²) in [5.74, 6) is 0. The van der Waals surface area contributed by atoms with Gasteiger partial charge in [-0.15, -0.1) is 0 Å². The van der Waals surface area contributed by atoms with E-state index in [9.17, 15) is 10.5 Å². The molecule has 5 heteroatoms. The van der Waals surface area contributed by atoms with Crippen molar-refractivity contribution in [3.05, 3.63) is 174 Å². The Labute approximate surface area is 288 Å². The van der Waals surface area contributed by atoms with Crippen molar-refractivity contribution in [1.82, 2.24) is 9.13 Å². The molecule has 0 aliphatic heterocycles. The summed E-state index contributed by atoms with van der Waals surface area (Å²) in [5, 5.41) is 24.2. The van der Waals surface area contributed by atoms with Crippen molar-refractivity contribution in [1.29, 1.82) is 10.5 Å². The molecule has 0 unspecified atom stereocenters. The van der Waals surface area contributed by atoms with E-state index < -0.39 is 0 Å². The fourth-order valence-corrected chi connectivity index (χ4v) is 7.45. The van der Waals surface area contributed by atoms with Gasteiger partial charge in [-0.3, -0.25) is 0 Å². The van der Waals surface area contributed by atoms with Crippen molar-refractivity contribution in [2.75, 3.05) is 0 Å². The Morgan fingerprint density at radius 2 is 1.20 bits per heavy atom. The van der Waals surface area contributed by atoms with Crippen LogP contribution in [0.2, 0.25) is 0 Å². The highest BCUT2D eigenvalue weighted by molar-refractivity contribution is 6.15. The van der Waals surface area contributed by atoms with Crippen LogP contribution in [0.3, 0.4) is 0 Å². The minimum absolute atomic E-state index is 0.575. The topological polar surface area (TPSA) is 61.8 Å². The number of benzene rings is 7. The molecule has 2 aromatic heterocycles. The summed E-state index contributed by atoms with van der Waals surface area (Å²) in [6.45, 7) is 7.80. The van der Waals surface area contributed by atoms with Gasteiger partial charge in [-0.1, -0.05) is 91.0 Å². The number of nitrogens with zero attached hydrogens (tertiary/aromatic N) is 5. The zero-order valence-corrected chi connectivity index (χ0v) is 26.7. The van der Waals surface area contributed by atoms with Gasteiger partial charge in [0.1, 0.15) is 0 Å². The van der Waals surface area contributed by atoms with Crippen LogP contribution in [-0.2, 0) is 0 Å². The maximum Gasteiger partial charge on any atom is 0.197 e. The molecular formula is C45H25N5. The summed E-state index contributed by atoms with van der Waals surface area (Å²) >= 11 is 0. The lowest BCUT2D eigenvalue weighted by Crippen LogP contribution is -1.98. The van der Waals surface area contributed by atoms with Gasteiger partial charge < -0.3 is 9.13 Å². The number of para-hydroxylation sites is 3. The molecule has 5 nitrogen and oxygen atoms in total. The number of aromatic nitrogens is 2. The summed E-state index contributed by atoms with van der Waals surface area (Å²) in [4.78, 5) is 3.83. The number of fused-ring (bicyclic) bond motifs is 6. The predicted octanol–water partition coefficient (Wildman–Crippen LogP) is 11.5. The molecule has 0 saturated carbocycles. The fraction of sp³-hybridized carbons (Fsp3) is 0. The van der Waals surface area contributed by atoms with Crippen LogP contribution in [-0.4, -0.2) is 9.13 Å². The Kier molecular flexibility index (Phi) is 6.56. The van der Waals surface area contributed by atoms with Gasteiger partial charge in [0.2, 0.25) is 0 Å². The van der Waals surface area contributed by atoms with Gasteiger partial charge in [0.15, 0.2) is 5.69 Å². The Morgan fingerprint density at radius 1 is 0.500 bits per heavy atom. The molecular weight excluding hydrogens is 611 g/mol.